The molecule has 0 saturated heterocycles. The van der Waals surface area contributed by atoms with Crippen LogP contribution in [0.2, 0.25) is 0 Å². The number of hydrogen-bond donors (Lipinski definition) is 1. The fourth-order valence-electron chi connectivity index (χ4n) is 2.87. The van der Waals surface area contributed by atoms with Crippen molar-refractivity contribution in [1.82, 2.24) is 0 Å². The van der Waals surface area contributed by atoms with E-state index in [2.05, 4.69) is 55.6 Å². The van der Waals surface area contributed by atoms with Crippen LogP contribution in [-0.2, 0) is 10.5 Å². The molecule has 0 aliphatic heterocycles. The predicted octanol–water partition coefficient (Wildman–Crippen LogP) is 5.57. The monoisotopic (exact) mass is 341 g/mol. The maximum absolute atomic E-state index is 12.2. The van der Waals surface area contributed by atoms with Gasteiger partial charge in [-0.05, 0) is 62.1 Å². The van der Waals surface area contributed by atoms with Crippen molar-refractivity contribution in [3.63, 3.8) is 0 Å². The minimum absolute atomic E-state index is 0.113. The second-order valence-corrected chi connectivity index (χ2v) is 7.51. The van der Waals surface area contributed by atoms with E-state index in [-0.39, 0.29) is 5.91 Å². The van der Waals surface area contributed by atoms with Gasteiger partial charge in [-0.15, -0.1) is 0 Å². The van der Waals surface area contributed by atoms with Crippen molar-refractivity contribution in [2.75, 3.05) is 11.1 Å². The highest BCUT2D eigenvalue weighted by Crippen LogP contribution is 2.22. The molecule has 128 valence electrons. The molecule has 0 unspecified atom stereocenters. The third-order valence-corrected chi connectivity index (χ3v) is 5.25. The van der Waals surface area contributed by atoms with Gasteiger partial charge in [-0.2, -0.15) is 11.8 Å². The van der Waals surface area contributed by atoms with Gasteiger partial charge in [-0.1, -0.05) is 42.0 Å². The lowest BCUT2D eigenvalue weighted by Crippen LogP contribution is -2.13. The average Bonchev–Trinajstić information content (AvgIpc) is 2.52. The summed E-state index contributed by atoms with van der Waals surface area (Å²) in [5.41, 5.74) is 7.20. The Hall–Kier alpha value is -1.74. The van der Waals surface area contributed by atoms with Crippen LogP contribution in [0.4, 0.5) is 5.69 Å². The number of amides is 1. The lowest BCUT2D eigenvalue weighted by molar-refractivity contribution is -0.116. The first-order valence-electron chi connectivity index (χ1n) is 8.47. The second-order valence-electron chi connectivity index (χ2n) is 6.40. The number of benzene rings is 2. The molecule has 24 heavy (non-hydrogen) atoms. The molecular weight excluding hydrogens is 314 g/mol. The zero-order chi connectivity index (χ0) is 17.5. The first-order valence-corrected chi connectivity index (χ1v) is 9.63. The van der Waals surface area contributed by atoms with E-state index in [1.165, 1.54) is 16.7 Å². The molecule has 3 heteroatoms. The molecule has 0 bridgehead atoms. The SMILES string of the molecule is Cc1cc(C)c(NC(=O)CCCSCc2ccccc2C)c(C)c1. The highest BCUT2D eigenvalue weighted by Gasteiger charge is 2.08. The topological polar surface area (TPSA) is 29.1 Å². The summed E-state index contributed by atoms with van der Waals surface area (Å²) in [4.78, 5) is 12.2. The molecule has 0 aliphatic carbocycles. The summed E-state index contributed by atoms with van der Waals surface area (Å²) in [5.74, 6) is 2.14. The van der Waals surface area contributed by atoms with Crippen LogP contribution in [0.3, 0.4) is 0 Å². The molecule has 0 aliphatic rings. The van der Waals surface area contributed by atoms with Gasteiger partial charge in [0.05, 0.1) is 0 Å². The average molecular weight is 342 g/mol. The zero-order valence-electron chi connectivity index (χ0n) is 15.1. The van der Waals surface area contributed by atoms with Gasteiger partial charge in [0.2, 0.25) is 5.91 Å². The van der Waals surface area contributed by atoms with Gasteiger partial charge >= 0.3 is 0 Å². The van der Waals surface area contributed by atoms with E-state index in [1.807, 2.05) is 25.6 Å². The molecular formula is C21H27NOS. The van der Waals surface area contributed by atoms with Gasteiger partial charge in [-0.25, -0.2) is 0 Å². The summed E-state index contributed by atoms with van der Waals surface area (Å²) in [7, 11) is 0. The molecule has 1 amide bonds. The molecule has 0 saturated carbocycles. The Bertz CT molecular complexity index is 686. The van der Waals surface area contributed by atoms with Crippen LogP contribution in [0.25, 0.3) is 0 Å². The van der Waals surface area contributed by atoms with Gasteiger partial charge in [-0.3, -0.25) is 4.79 Å². The molecule has 0 spiro atoms. The summed E-state index contributed by atoms with van der Waals surface area (Å²) in [5, 5.41) is 3.08. The summed E-state index contributed by atoms with van der Waals surface area (Å²) in [6.45, 7) is 8.33. The lowest BCUT2D eigenvalue weighted by atomic mass is 10.0. The fourth-order valence-corrected chi connectivity index (χ4v) is 3.90. The smallest absolute Gasteiger partial charge is 0.224 e. The molecule has 0 aromatic heterocycles. The Balaban J connectivity index is 1.73. The summed E-state index contributed by atoms with van der Waals surface area (Å²) < 4.78 is 0. The molecule has 0 heterocycles. The van der Waals surface area contributed by atoms with E-state index in [0.29, 0.717) is 6.42 Å². The molecule has 2 aromatic rings. The number of hydrogen-bond acceptors (Lipinski definition) is 2. The normalized spacial score (nSPS) is 10.7. The van der Waals surface area contributed by atoms with E-state index < -0.39 is 0 Å². The summed E-state index contributed by atoms with van der Waals surface area (Å²) >= 11 is 1.90. The molecule has 2 rings (SSSR count). The number of thioether (sulfide) groups is 1. The van der Waals surface area contributed by atoms with Crippen molar-refractivity contribution in [2.24, 2.45) is 0 Å². The molecule has 1 N–H and O–H groups in total. The Morgan fingerprint density at radius 2 is 1.67 bits per heavy atom. The van der Waals surface area contributed by atoms with Gasteiger partial charge in [0.25, 0.3) is 0 Å². The maximum atomic E-state index is 12.2. The number of carbonyl (C=O) groups excluding carboxylic acids is 1. The van der Waals surface area contributed by atoms with Gasteiger partial charge < -0.3 is 5.32 Å². The molecule has 0 fully saturated rings. The Morgan fingerprint density at radius 1 is 1.00 bits per heavy atom. The highest BCUT2D eigenvalue weighted by molar-refractivity contribution is 7.98. The molecule has 2 aromatic carbocycles. The van der Waals surface area contributed by atoms with E-state index in [9.17, 15) is 4.79 Å². The minimum Gasteiger partial charge on any atom is -0.326 e. The van der Waals surface area contributed by atoms with E-state index >= 15 is 0 Å². The number of nitrogens with one attached hydrogen (secondary N) is 1. The van der Waals surface area contributed by atoms with Crippen LogP contribution in [0, 0.1) is 27.7 Å². The fraction of sp³-hybridized carbons (Fsp3) is 0.381. The quantitative estimate of drug-likeness (QED) is 0.667. The van der Waals surface area contributed by atoms with Crippen molar-refractivity contribution < 1.29 is 4.79 Å². The van der Waals surface area contributed by atoms with Gasteiger partial charge in [0.1, 0.15) is 0 Å². The van der Waals surface area contributed by atoms with Crippen LogP contribution < -0.4 is 5.32 Å². The van der Waals surface area contributed by atoms with Crippen LogP contribution in [0.1, 0.15) is 40.7 Å². The first kappa shape index (κ1) is 18.6. The van der Waals surface area contributed by atoms with E-state index in [1.54, 1.807) is 0 Å². The van der Waals surface area contributed by atoms with Gasteiger partial charge in [0, 0.05) is 17.9 Å². The Morgan fingerprint density at radius 3 is 2.33 bits per heavy atom. The Labute approximate surface area is 150 Å². The standard InChI is InChI=1S/C21H27NOS/c1-15-12-17(3)21(18(4)13-15)22-20(23)10-7-11-24-14-19-9-6-5-8-16(19)2/h5-6,8-9,12-13H,7,10-11,14H2,1-4H3,(H,22,23). The molecule has 2 nitrogen and oxygen atoms in total. The first-order chi connectivity index (χ1) is 11.5. The number of rotatable bonds is 7. The van der Waals surface area contributed by atoms with E-state index in [0.717, 1.165) is 34.7 Å². The summed E-state index contributed by atoms with van der Waals surface area (Å²) in [6.07, 6.45) is 1.49. The molecule has 0 radical (unpaired) electrons. The number of aryl methyl sites for hydroxylation is 4. The lowest BCUT2D eigenvalue weighted by Gasteiger charge is -2.13. The zero-order valence-corrected chi connectivity index (χ0v) is 15.9. The van der Waals surface area contributed by atoms with Crippen LogP contribution in [0.5, 0.6) is 0 Å². The third kappa shape index (κ3) is 5.41. The maximum Gasteiger partial charge on any atom is 0.224 e. The van der Waals surface area contributed by atoms with Crippen molar-refractivity contribution in [1.29, 1.82) is 0 Å². The van der Waals surface area contributed by atoms with Crippen LogP contribution in [0.15, 0.2) is 36.4 Å². The van der Waals surface area contributed by atoms with Crippen LogP contribution >= 0.6 is 11.8 Å². The van der Waals surface area contributed by atoms with E-state index in [4.69, 9.17) is 0 Å². The number of carbonyl (C=O) groups is 1. The highest BCUT2D eigenvalue weighted by atomic mass is 32.2. The van der Waals surface area contributed by atoms with Gasteiger partial charge in [0.15, 0.2) is 0 Å². The summed E-state index contributed by atoms with van der Waals surface area (Å²) in [6, 6.07) is 12.7. The predicted molar refractivity (Wildman–Crippen MR) is 106 cm³/mol. The van der Waals surface area contributed by atoms with Crippen molar-refractivity contribution >= 4 is 23.4 Å². The second kappa shape index (κ2) is 8.93. The van der Waals surface area contributed by atoms with Crippen LogP contribution in [-0.4, -0.2) is 11.7 Å². The number of anilines is 1. The largest absolute Gasteiger partial charge is 0.326 e. The minimum atomic E-state index is 0.113. The third-order valence-electron chi connectivity index (χ3n) is 4.15. The van der Waals surface area contributed by atoms with Crippen molar-refractivity contribution in [3.05, 3.63) is 64.2 Å². The Kier molecular flexibility index (Phi) is 6.92. The molecule has 0 atom stereocenters. The van der Waals surface area contributed by atoms with Crippen molar-refractivity contribution in [3.8, 4) is 0 Å². The van der Waals surface area contributed by atoms with Crippen molar-refractivity contribution in [2.45, 2.75) is 46.3 Å².